The maximum atomic E-state index is 14.7. The molecule has 0 aliphatic rings. The molecule has 0 fully saturated rings. The second-order valence-electron chi connectivity index (χ2n) is 8.98. The van der Waals surface area contributed by atoms with Gasteiger partial charge in [0.15, 0.2) is 7.14 Å². The molecule has 0 aliphatic heterocycles. The summed E-state index contributed by atoms with van der Waals surface area (Å²) in [4.78, 5) is 0. The molecule has 3 heteroatoms. The van der Waals surface area contributed by atoms with Gasteiger partial charge in [0.2, 0.25) is 0 Å². The van der Waals surface area contributed by atoms with Crippen LogP contribution in [-0.4, -0.2) is 11.2 Å². The summed E-state index contributed by atoms with van der Waals surface area (Å²) in [5.41, 5.74) is -0.628. The van der Waals surface area contributed by atoms with Crippen molar-refractivity contribution >= 4 is 17.8 Å². The van der Waals surface area contributed by atoms with E-state index in [0.29, 0.717) is 5.31 Å². The molecule has 0 saturated carbocycles. The van der Waals surface area contributed by atoms with Gasteiger partial charge < -0.3 is 9.67 Å². The van der Waals surface area contributed by atoms with Gasteiger partial charge in [-0.05, 0) is 10.8 Å². The van der Waals surface area contributed by atoms with Crippen molar-refractivity contribution < 1.29 is 9.67 Å². The zero-order valence-electron chi connectivity index (χ0n) is 16.7. The van der Waals surface area contributed by atoms with Crippen LogP contribution < -0.4 is 10.6 Å². The van der Waals surface area contributed by atoms with Crippen LogP contribution in [0.15, 0.2) is 72.1 Å². The monoisotopic (exact) mass is 370 g/mol. The highest BCUT2D eigenvalue weighted by Crippen LogP contribution is 2.56. The van der Waals surface area contributed by atoms with Crippen LogP contribution in [0.5, 0.6) is 0 Å². The van der Waals surface area contributed by atoms with Crippen LogP contribution in [-0.2, 0) is 4.57 Å². The van der Waals surface area contributed by atoms with Crippen LogP contribution in [0.4, 0.5) is 0 Å². The first-order valence-electron chi connectivity index (χ1n) is 9.09. The lowest BCUT2D eigenvalue weighted by Gasteiger charge is -2.35. The fourth-order valence-electron chi connectivity index (χ4n) is 2.95. The third-order valence-corrected chi connectivity index (χ3v) is 7.44. The Morgan fingerprint density at radius 1 is 0.846 bits per heavy atom. The van der Waals surface area contributed by atoms with Gasteiger partial charge in [0.25, 0.3) is 0 Å². The average molecular weight is 370 g/mol. The molecule has 2 aromatic carbocycles. The fourth-order valence-corrected chi connectivity index (χ4v) is 6.33. The van der Waals surface area contributed by atoms with Crippen LogP contribution in [0.1, 0.15) is 41.5 Å². The molecule has 0 spiro atoms. The quantitative estimate of drug-likeness (QED) is 0.738. The van der Waals surface area contributed by atoms with Gasteiger partial charge >= 0.3 is 0 Å². The van der Waals surface area contributed by atoms with E-state index in [2.05, 4.69) is 20.8 Å². The average Bonchev–Trinajstić information content (AvgIpc) is 2.58. The molecule has 1 N–H and O–H groups in total. The Hall–Kier alpha value is -1.63. The number of hydrogen-bond donors (Lipinski definition) is 1. The third-order valence-electron chi connectivity index (χ3n) is 4.28. The Bertz CT molecular complexity index is 750. The first-order chi connectivity index (χ1) is 12.0. The van der Waals surface area contributed by atoms with Crippen molar-refractivity contribution in [1.82, 2.24) is 0 Å². The van der Waals surface area contributed by atoms with E-state index in [1.54, 1.807) is 0 Å². The topological polar surface area (TPSA) is 37.3 Å². The summed E-state index contributed by atoms with van der Waals surface area (Å²) in [7, 11) is -3.17. The molecule has 140 valence electrons. The molecular formula is C23H31O2P. The molecule has 1 atom stereocenters. The second-order valence-corrected chi connectivity index (χ2v) is 11.8. The van der Waals surface area contributed by atoms with Crippen molar-refractivity contribution in [3.63, 3.8) is 0 Å². The predicted octanol–water partition coefficient (Wildman–Crippen LogP) is 5.34. The minimum absolute atomic E-state index is 0.208. The highest BCUT2D eigenvalue weighted by atomic mass is 31.2. The first kappa shape index (κ1) is 20.7. The molecular weight excluding hydrogens is 339 g/mol. The SMILES string of the molecule is CC(C)(C)/C=C(\C(O)C(C)(C)C)P(=O)(c1ccccc1)c1ccccc1. The molecule has 2 nitrogen and oxygen atoms in total. The van der Waals surface area contributed by atoms with Crippen LogP contribution >= 0.6 is 7.14 Å². The lowest BCUT2D eigenvalue weighted by molar-refractivity contribution is 0.100. The fraction of sp³-hybridized carbons (Fsp3) is 0.391. The Kier molecular flexibility index (Phi) is 6.00. The van der Waals surface area contributed by atoms with Crippen LogP contribution in [0.2, 0.25) is 0 Å². The Balaban J connectivity index is 2.84. The maximum Gasteiger partial charge on any atom is 0.169 e. The van der Waals surface area contributed by atoms with E-state index in [1.807, 2.05) is 87.5 Å². The summed E-state index contributed by atoms with van der Waals surface area (Å²) in [6.45, 7) is 12.2. The number of allylic oxidation sites excluding steroid dienone is 1. The van der Waals surface area contributed by atoms with Gasteiger partial charge in [0, 0.05) is 15.9 Å². The highest BCUT2D eigenvalue weighted by molar-refractivity contribution is 7.82. The van der Waals surface area contributed by atoms with Crippen molar-refractivity contribution in [2.75, 3.05) is 0 Å². The zero-order valence-corrected chi connectivity index (χ0v) is 17.6. The lowest BCUT2D eigenvalue weighted by Crippen LogP contribution is -2.33. The number of hydrogen-bond acceptors (Lipinski definition) is 2. The van der Waals surface area contributed by atoms with Gasteiger partial charge in [-0.15, -0.1) is 0 Å². The number of rotatable bonds is 4. The Labute approximate surface area is 158 Å². The van der Waals surface area contributed by atoms with Crippen LogP contribution in [0, 0.1) is 10.8 Å². The summed E-state index contributed by atoms with van der Waals surface area (Å²) >= 11 is 0. The zero-order chi connectivity index (χ0) is 19.6. The Morgan fingerprint density at radius 2 is 1.23 bits per heavy atom. The first-order valence-corrected chi connectivity index (χ1v) is 10.8. The highest BCUT2D eigenvalue weighted by Gasteiger charge is 2.40. The molecule has 0 radical (unpaired) electrons. The van der Waals surface area contributed by atoms with E-state index in [4.69, 9.17) is 0 Å². The number of aliphatic hydroxyl groups is 1. The molecule has 2 rings (SSSR count). The van der Waals surface area contributed by atoms with Gasteiger partial charge in [-0.25, -0.2) is 0 Å². The van der Waals surface area contributed by atoms with Crippen molar-refractivity contribution in [3.8, 4) is 0 Å². The summed E-state index contributed by atoms with van der Waals surface area (Å²) in [5, 5.41) is 13.4. The summed E-state index contributed by atoms with van der Waals surface area (Å²) in [5.74, 6) is 0. The smallest absolute Gasteiger partial charge is 0.169 e. The molecule has 0 amide bonds. The van der Waals surface area contributed by atoms with E-state index >= 15 is 0 Å². The van der Waals surface area contributed by atoms with Crippen molar-refractivity contribution in [2.24, 2.45) is 10.8 Å². The molecule has 0 aromatic heterocycles. The molecule has 0 heterocycles. The van der Waals surface area contributed by atoms with Gasteiger partial charge in [0.05, 0.1) is 6.10 Å². The largest absolute Gasteiger partial charge is 0.388 e. The van der Waals surface area contributed by atoms with Crippen molar-refractivity contribution in [3.05, 3.63) is 72.1 Å². The summed E-state index contributed by atoms with van der Waals surface area (Å²) in [6, 6.07) is 19.1. The van der Waals surface area contributed by atoms with Gasteiger partial charge in [-0.3, -0.25) is 0 Å². The van der Waals surface area contributed by atoms with Crippen LogP contribution in [0.3, 0.4) is 0 Å². The van der Waals surface area contributed by atoms with E-state index < -0.39 is 18.7 Å². The lowest BCUT2D eigenvalue weighted by atomic mass is 9.86. The molecule has 0 bridgehead atoms. The van der Waals surface area contributed by atoms with Gasteiger partial charge in [-0.1, -0.05) is 108 Å². The molecule has 2 aromatic rings. The minimum atomic E-state index is -3.17. The van der Waals surface area contributed by atoms with Gasteiger partial charge in [-0.2, -0.15) is 0 Å². The molecule has 1 unspecified atom stereocenters. The van der Waals surface area contributed by atoms with Gasteiger partial charge in [0.1, 0.15) is 0 Å². The second kappa shape index (κ2) is 7.55. The standard InChI is InChI=1S/C23H31O2P/c1-22(2,3)17-20(21(24)23(4,5)6)26(25,18-13-9-7-10-14-18)19-15-11-8-12-16-19/h7-17,21,24H,1-6H3/b20-17+. The van der Waals surface area contributed by atoms with E-state index in [0.717, 1.165) is 10.6 Å². The summed E-state index contributed by atoms with van der Waals surface area (Å²) < 4.78 is 14.7. The Morgan fingerprint density at radius 3 is 1.54 bits per heavy atom. The third kappa shape index (κ3) is 4.55. The maximum absolute atomic E-state index is 14.7. The molecule has 0 aliphatic carbocycles. The van der Waals surface area contributed by atoms with E-state index in [1.165, 1.54) is 0 Å². The van der Waals surface area contributed by atoms with Crippen molar-refractivity contribution in [1.29, 1.82) is 0 Å². The predicted molar refractivity (Wildman–Crippen MR) is 113 cm³/mol. The number of aliphatic hydroxyl groups excluding tert-OH is 1. The minimum Gasteiger partial charge on any atom is -0.388 e. The molecule has 0 saturated heterocycles. The summed E-state index contributed by atoms with van der Waals surface area (Å²) in [6.07, 6.45) is 1.19. The van der Waals surface area contributed by atoms with Crippen molar-refractivity contribution in [2.45, 2.75) is 47.6 Å². The molecule has 26 heavy (non-hydrogen) atoms. The number of benzene rings is 2. The normalized spacial score (nSPS) is 15.0. The van der Waals surface area contributed by atoms with Crippen LogP contribution in [0.25, 0.3) is 0 Å². The van der Waals surface area contributed by atoms with E-state index in [9.17, 15) is 9.67 Å². The van der Waals surface area contributed by atoms with E-state index in [-0.39, 0.29) is 5.41 Å².